The summed E-state index contributed by atoms with van der Waals surface area (Å²) in [6, 6.07) is 0.679. The second-order valence-corrected chi connectivity index (χ2v) is 5.78. The van der Waals surface area contributed by atoms with Gasteiger partial charge in [0.15, 0.2) is 0 Å². The van der Waals surface area contributed by atoms with Crippen LogP contribution in [0.5, 0.6) is 0 Å². The Morgan fingerprint density at radius 1 is 1.33 bits per heavy atom. The largest absolute Gasteiger partial charge is 0.381 e. The highest BCUT2D eigenvalue weighted by Gasteiger charge is 2.13. The molecule has 1 aliphatic rings. The van der Waals surface area contributed by atoms with Crippen molar-refractivity contribution in [3.05, 3.63) is 0 Å². The quantitative estimate of drug-likeness (QED) is 0.681. The molecular weight excluding hydrogens is 206 g/mol. The summed E-state index contributed by atoms with van der Waals surface area (Å²) < 4.78 is 5.35. The Balaban J connectivity index is 1.87. The molecule has 15 heavy (non-hydrogen) atoms. The maximum absolute atomic E-state index is 5.35. The highest BCUT2D eigenvalue weighted by atomic mass is 32.2. The molecular formula is C12H25NOS. The maximum atomic E-state index is 5.35. The number of hydrogen-bond acceptors (Lipinski definition) is 3. The lowest BCUT2D eigenvalue weighted by Crippen LogP contribution is -2.20. The first-order valence-electron chi connectivity index (χ1n) is 6.19. The molecule has 2 nitrogen and oxygen atoms in total. The van der Waals surface area contributed by atoms with Crippen LogP contribution in [-0.2, 0) is 4.74 Å². The van der Waals surface area contributed by atoms with Crippen LogP contribution in [0.3, 0.4) is 0 Å². The maximum Gasteiger partial charge on any atom is 0.0476 e. The van der Waals surface area contributed by atoms with Crippen molar-refractivity contribution in [2.45, 2.75) is 50.3 Å². The highest BCUT2D eigenvalue weighted by molar-refractivity contribution is 7.99. The summed E-state index contributed by atoms with van der Waals surface area (Å²) in [5, 5.41) is 4.16. The normalized spacial score (nSPS) is 20.4. The molecule has 0 radical (unpaired) electrons. The van der Waals surface area contributed by atoms with Crippen molar-refractivity contribution in [2.75, 3.05) is 26.0 Å². The predicted octanol–water partition coefficient (Wildman–Crippen LogP) is 2.68. The van der Waals surface area contributed by atoms with Crippen molar-refractivity contribution in [1.29, 1.82) is 0 Å². The van der Waals surface area contributed by atoms with Crippen molar-refractivity contribution in [3.8, 4) is 0 Å². The minimum Gasteiger partial charge on any atom is -0.381 e. The van der Waals surface area contributed by atoms with E-state index < -0.39 is 0 Å². The van der Waals surface area contributed by atoms with E-state index >= 15 is 0 Å². The zero-order chi connectivity index (χ0) is 10.9. The van der Waals surface area contributed by atoms with Gasteiger partial charge in [0, 0.05) is 24.5 Å². The molecule has 1 heterocycles. The summed E-state index contributed by atoms with van der Waals surface area (Å²) in [6.07, 6.45) is 6.56. The van der Waals surface area contributed by atoms with Crippen LogP contribution in [0.2, 0.25) is 0 Å². The van der Waals surface area contributed by atoms with Gasteiger partial charge in [-0.1, -0.05) is 6.42 Å². The van der Waals surface area contributed by atoms with Crippen LogP contribution in [0.25, 0.3) is 0 Å². The van der Waals surface area contributed by atoms with E-state index in [1.807, 2.05) is 7.05 Å². The van der Waals surface area contributed by atoms with E-state index in [-0.39, 0.29) is 0 Å². The van der Waals surface area contributed by atoms with Gasteiger partial charge < -0.3 is 10.1 Å². The van der Waals surface area contributed by atoms with Gasteiger partial charge in [0.05, 0.1) is 0 Å². The Labute approximate surface area is 98.5 Å². The van der Waals surface area contributed by atoms with E-state index in [2.05, 4.69) is 24.0 Å². The molecule has 1 N–H and O–H groups in total. The molecule has 1 rings (SSSR count). The predicted molar refractivity (Wildman–Crippen MR) is 68.7 cm³/mol. The van der Waals surface area contributed by atoms with Crippen LogP contribution < -0.4 is 5.32 Å². The highest BCUT2D eigenvalue weighted by Crippen LogP contribution is 2.23. The number of nitrogens with one attached hydrogen (secondary N) is 1. The minimum atomic E-state index is 0.679. The van der Waals surface area contributed by atoms with Crippen LogP contribution in [0.4, 0.5) is 0 Å². The molecule has 0 aromatic heterocycles. The summed E-state index contributed by atoms with van der Waals surface area (Å²) in [4.78, 5) is 0. The van der Waals surface area contributed by atoms with Crippen LogP contribution in [0.1, 0.15) is 39.0 Å². The van der Waals surface area contributed by atoms with E-state index in [9.17, 15) is 0 Å². The van der Waals surface area contributed by atoms with E-state index in [4.69, 9.17) is 4.74 Å². The van der Waals surface area contributed by atoms with E-state index in [0.717, 1.165) is 18.5 Å². The third kappa shape index (κ3) is 6.44. The first kappa shape index (κ1) is 13.3. The average molecular weight is 231 g/mol. The van der Waals surface area contributed by atoms with Crippen molar-refractivity contribution >= 4 is 11.8 Å². The molecule has 3 heteroatoms. The van der Waals surface area contributed by atoms with Gasteiger partial charge >= 0.3 is 0 Å². The van der Waals surface area contributed by atoms with E-state index in [1.54, 1.807) is 0 Å². The summed E-state index contributed by atoms with van der Waals surface area (Å²) >= 11 is 2.16. The zero-order valence-corrected chi connectivity index (χ0v) is 10.9. The van der Waals surface area contributed by atoms with Gasteiger partial charge in [-0.3, -0.25) is 0 Å². The number of thioether (sulfide) groups is 1. The molecule has 1 atom stereocenters. The molecule has 0 aromatic carbocycles. The Morgan fingerprint density at radius 3 is 2.73 bits per heavy atom. The number of rotatable bonds is 7. The Hall–Kier alpha value is 0.270. The molecule has 0 saturated carbocycles. The number of unbranched alkanes of at least 4 members (excludes halogenated alkanes) is 1. The Morgan fingerprint density at radius 2 is 2.07 bits per heavy atom. The molecule has 1 unspecified atom stereocenters. The monoisotopic (exact) mass is 231 g/mol. The lowest BCUT2D eigenvalue weighted by Gasteiger charge is -2.21. The molecule has 0 amide bonds. The third-order valence-electron chi connectivity index (χ3n) is 3.05. The number of ether oxygens (including phenoxy) is 1. The summed E-state index contributed by atoms with van der Waals surface area (Å²) in [7, 11) is 2.04. The second-order valence-electron chi connectivity index (χ2n) is 4.37. The minimum absolute atomic E-state index is 0.679. The van der Waals surface area contributed by atoms with Crippen LogP contribution in [-0.4, -0.2) is 37.3 Å². The zero-order valence-electron chi connectivity index (χ0n) is 10.1. The fourth-order valence-corrected chi connectivity index (χ4v) is 3.02. The van der Waals surface area contributed by atoms with E-state index in [0.29, 0.717) is 6.04 Å². The molecule has 0 aliphatic carbocycles. The van der Waals surface area contributed by atoms with Gasteiger partial charge in [-0.05, 0) is 45.4 Å². The van der Waals surface area contributed by atoms with Gasteiger partial charge in [-0.2, -0.15) is 11.8 Å². The third-order valence-corrected chi connectivity index (χ3v) is 4.51. The van der Waals surface area contributed by atoms with Crippen molar-refractivity contribution < 1.29 is 4.74 Å². The smallest absolute Gasteiger partial charge is 0.0476 e. The van der Waals surface area contributed by atoms with Gasteiger partial charge in [-0.25, -0.2) is 0 Å². The van der Waals surface area contributed by atoms with Crippen molar-refractivity contribution in [2.24, 2.45) is 0 Å². The fraction of sp³-hybridized carbons (Fsp3) is 1.00. The first-order valence-corrected chi connectivity index (χ1v) is 7.24. The van der Waals surface area contributed by atoms with Gasteiger partial charge in [0.2, 0.25) is 0 Å². The molecule has 90 valence electrons. The molecule has 0 bridgehead atoms. The molecule has 1 aliphatic heterocycles. The van der Waals surface area contributed by atoms with Crippen molar-refractivity contribution in [1.82, 2.24) is 5.32 Å². The number of hydrogen-bond donors (Lipinski definition) is 1. The topological polar surface area (TPSA) is 21.3 Å². The Kier molecular flexibility index (Phi) is 7.49. The average Bonchev–Trinajstić information content (AvgIpc) is 2.29. The van der Waals surface area contributed by atoms with Gasteiger partial charge in [0.25, 0.3) is 0 Å². The molecule has 1 saturated heterocycles. The van der Waals surface area contributed by atoms with Crippen molar-refractivity contribution in [3.63, 3.8) is 0 Å². The molecule has 1 fully saturated rings. The lowest BCUT2D eigenvalue weighted by molar-refractivity contribution is 0.100. The second kappa shape index (κ2) is 8.43. The fourth-order valence-electron chi connectivity index (χ4n) is 1.79. The lowest BCUT2D eigenvalue weighted by atomic mass is 10.1. The summed E-state index contributed by atoms with van der Waals surface area (Å²) in [6.45, 7) is 4.22. The van der Waals surface area contributed by atoms with Crippen LogP contribution >= 0.6 is 11.8 Å². The van der Waals surface area contributed by atoms with Gasteiger partial charge in [-0.15, -0.1) is 0 Å². The van der Waals surface area contributed by atoms with E-state index in [1.165, 1.54) is 37.9 Å². The standard InChI is InChI=1S/C12H25NOS/c1-11(13-2)5-3-4-10-15-12-6-8-14-9-7-12/h11-13H,3-10H2,1-2H3. The van der Waals surface area contributed by atoms with Gasteiger partial charge in [0.1, 0.15) is 0 Å². The molecule has 0 spiro atoms. The van der Waals surface area contributed by atoms with Crippen LogP contribution in [0, 0.1) is 0 Å². The summed E-state index contributed by atoms with van der Waals surface area (Å²) in [5.41, 5.74) is 0. The SMILES string of the molecule is CNC(C)CCCCSC1CCOCC1. The molecule has 0 aromatic rings. The van der Waals surface area contributed by atoms with Crippen LogP contribution in [0.15, 0.2) is 0 Å². The first-order chi connectivity index (χ1) is 7.33. The summed E-state index contributed by atoms with van der Waals surface area (Å²) in [5.74, 6) is 1.33. The Bertz CT molecular complexity index is 149.